The number of rotatable bonds is 5. The van der Waals surface area contributed by atoms with Gasteiger partial charge in [-0.25, -0.2) is 18.7 Å². The first-order valence-electron chi connectivity index (χ1n) is 9.17. The van der Waals surface area contributed by atoms with Gasteiger partial charge in [0, 0.05) is 27.3 Å². The lowest BCUT2D eigenvalue weighted by Crippen LogP contribution is -1.96. The first kappa shape index (κ1) is 19.8. The van der Waals surface area contributed by atoms with E-state index in [9.17, 15) is 8.78 Å². The highest BCUT2D eigenvalue weighted by Crippen LogP contribution is 2.33. The summed E-state index contributed by atoms with van der Waals surface area (Å²) in [5.74, 6) is 0.197. The van der Waals surface area contributed by atoms with Crippen molar-refractivity contribution in [3.63, 3.8) is 0 Å². The predicted octanol–water partition coefficient (Wildman–Crippen LogP) is 7.08. The van der Waals surface area contributed by atoms with Crippen molar-refractivity contribution in [2.75, 3.05) is 0 Å². The maximum Gasteiger partial charge on any atom is 0.161 e. The van der Waals surface area contributed by atoms with Crippen LogP contribution in [0.25, 0.3) is 22.3 Å². The zero-order valence-corrected chi connectivity index (χ0v) is 17.2. The number of fused-ring (bicyclic) bond motifs is 1. The van der Waals surface area contributed by atoms with Crippen molar-refractivity contribution < 1.29 is 8.78 Å². The van der Waals surface area contributed by atoms with Crippen molar-refractivity contribution in [2.45, 2.75) is 24.1 Å². The molecule has 0 unspecified atom stereocenters. The second kappa shape index (κ2) is 8.47. The van der Waals surface area contributed by atoms with Gasteiger partial charge < -0.3 is 0 Å². The highest BCUT2D eigenvalue weighted by Gasteiger charge is 2.14. The fourth-order valence-corrected chi connectivity index (χ4v) is 4.37. The number of thioether (sulfide) groups is 1. The van der Waals surface area contributed by atoms with Gasteiger partial charge in [0.2, 0.25) is 0 Å². The second-order valence-electron chi connectivity index (χ2n) is 6.55. The Bertz CT molecular complexity index is 1160. The van der Waals surface area contributed by atoms with Crippen LogP contribution in [0.2, 0.25) is 5.02 Å². The number of nitrogens with zero attached hydrogens (tertiary/aromatic N) is 2. The third-order valence-corrected chi connectivity index (χ3v) is 6.02. The molecule has 2 nitrogen and oxygen atoms in total. The average Bonchev–Trinajstić information content (AvgIpc) is 2.73. The minimum Gasteiger partial charge on any atom is -0.228 e. The van der Waals surface area contributed by atoms with Gasteiger partial charge in [-0.15, -0.1) is 11.8 Å². The Hall–Kier alpha value is -2.50. The molecule has 4 aromatic rings. The van der Waals surface area contributed by atoms with E-state index in [1.165, 1.54) is 35.5 Å². The molecule has 0 amide bonds. The number of halogens is 3. The number of aromatic nitrogens is 2. The molecular weight excluding hydrogens is 410 g/mol. The van der Waals surface area contributed by atoms with Crippen molar-refractivity contribution >= 4 is 34.3 Å². The van der Waals surface area contributed by atoms with E-state index < -0.39 is 0 Å². The van der Waals surface area contributed by atoms with Crippen LogP contribution in [0.4, 0.5) is 8.78 Å². The lowest BCUT2D eigenvalue weighted by atomic mass is 10.1. The quantitative estimate of drug-likeness (QED) is 0.252. The number of hydrogen-bond acceptors (Lipinski definition) is 3. The van der Waals surface area contributed by atoms with Gasteiger partial charge in [0.15, 0.2) is 5.82 Å². The van der Waals surface area contributed by atoms with Crippen LogP contribution in [-0.4, -0.2) is 9.97 Å². The standard InChI is InChI=1S/C23H17ClF2N2S/c1-2-14-6-11-21-17(12-14)23(29-13-18-19(24)4-3-5-20(18)26)28-22(27-21)15-7-9-16(25)10-8-15/h3-12H,2,13H2,1H3. The minimum absolute atomic E-state index is 0.314. The van der Waals surface area contributed by atoms with Crippen LogP contribution in [0.15, 0.2) is 65.7 Å². The molecule has 0 aliphatic carbocycles. The molecule has 146 valence electrons. The summed E-state index contributed by atoms with van der Waals surface area (Å²) in [6, 6.07) is 16.8. The summed E-state index contributed by atoms with van der Waals surface area (Å²) < 4.78 is 27.5. The van der Waals surface area contributed by atoms with E-state index in [1.54, 1.807) is 24.3 Å². The summed E-state index contributed by atoms with van der Waals surface area (Å²) in [6.45, 7) is 2.08. The molecule has 0 fully saturated rings. The Kier molecular flexibility index (Phi) is 5.79. The van der Waals surface area contributed by atoms with Crippen molar-refractivity contribution in [3.05, 3.63) is 88.4 Å². The smallest absolute Gasteiger partial charge is 0.161 e. The van der Waals surface area contributed by atoms with Crippen LogP contribution >= 0.6 is 23.4 Å². The fraction of sp³-hybridized carbons (Fsp3) is 0.130. The normalized spacial score (nSPS) is 11.2. The van der Waals surface area contributed by atoms with E-state index in [1.807, 2.05) is 12.1 Å². The molecule has 0 saturated heterocycles. The molecule has 0 saturated carbocycles. The Morgan fingerprint density at radius 2 is 1.76 bits per heavy atom. The molecule has 0 bridgehead atoms. The third-order valence-electron chi connectivity index (χ3n) is 4.65. The van der Waals surface area contributed by atoms with Crippen LogP contribution in [0.5, 0.6) is 0 Å². The van der Waals surface area contributed by atoms with E-state index >= 15 is 0 Å². The lowest BCUT2D eigenvalue weighted by Gasteiger charge is -2.11. The van der Waals surface area contributed by atoms with Gasteiger partial charge in [-0.05, 0) is 60.5 Å². The molecule has 0 N–H and O–H groups in total. The number of hydrogen-bond donors (Lipinski definition) is 0. The summed E-state index contributed by atoms with van der Waals surface area (Å²) in [5.41, 5.74) is 3.12. The monoisotopic (exact) mass is 426 g/mol. The lowest BCUT2D eigenvalue weighted by molar-refractivity contribution is 0.617. The average molecular weight is 427 g/mol. The Morgan fingerprint density at radius 3 is 2.48 bits per heavy atom. The van der Waals surface area contributed by atoms with E-state index in [-0.39, 0.29) is 11.6 Å². The Morgan fingerprint density at radius 1 is 0.966 bits per heavy atom. The van der Waals surface area contributed by atoms with Crippen molar-refractivity contribution in [2.24, 2.45) is 0 Å². The van der Waals surface area contributed by atoms with Gasteiger partial charge in [0.05, 0.1) is 5.52 Å². The number of aryl methyl sites for hydroxylation is 1. The molecule has 1 heterocycles. The zero-order valence-electron chi connectivity index (χ0n) is 15.6. The Labute approximate surface area is 177 Å². The summed E-state index contributed by atoms with van der Waals surface area (Å²) in [4.78, 5) is 9.37. The maximum atomic E-state index is 14.2. The van der Waals surface area contributed by atoms with Gasteiger partial charge in [-0.2, -0.15) is 0 Å². The molecule has 0 radical (unpaired) electrons. The van der Waals surface area contributed by atoms with Gasteiger partial charge in [-0.1, -0.05) is 30.7 Å². The molecule has 0 aliphatic rings. The van der Waals surface area contributed by atoms with Gasteiger partial charge >= 0.3 is 0 Å². The summed E-state index contributed by atoms with van der Waals surface area (Å²) >= 11 is 7.59. The Balaban J connectivity index is 1.79. The van der Waals surface area contributed by atoms with Crippen LogP contribution < -0.4 is 0 Å². The molecule has 29 heavy (non-hydrogen) atoms. The molecule has 1 aromatic heterocycles. The SMILES string of the molecule is CCc1ccc2nc(-c3ccc(F)cc3)nc(SCc3c(F)cccc3Cl)c2c1. The van der Waals surface area contributed by atoms with E-state index in [0.29, 0.717) is 22.2 Å². The summed E-state index contributed by atoms with van der Waals surface area (Å²) in [7, 11) is 0. The first-order chi connectivity index (χ1) is 14.0. The van der Waals surface area contributed by atoms with Crippen molar-refractivity contribution in [1.82, 2.24) is 9.97 Å². The van der Waals surface area contributed by atoms with Crippen molar-refractivity contribution in [3.8, 4) is 11.4 Å². The third kappa shape index (κ3) is 4.26. The summed E-state index contributed by atoms with van der Waals surface area (Å²) in [5, 5.41) is 2.04. The van der Waals surface area contributed by atoms with Gasteiger partial charge in [0.1, 0.15) is 16.7 Å². The van der Waals surface area contributed by atoms with Crippen molar-refractivity contribution in [1.29, 1.82) is 0 Å². The van der Waals surface area contributed by atoms with Crippen LogP contribution in [0.3, 0.4) is 0 Å². The molecule has 4 rings (SSSR count). The van der Waals surface area contributed by atoms with Crippen LogP contribution in [-0.2, 0) is 12.2 Å². The largest absolute Gasteiger partial charge is 0.228 e. The topological polar surface area (TPSA) is 25.8 Å². The molecule has 3 aromatic carbocycles. The second-order valence-corrected chi connectivity index (χ2v) is 7.92. The minimum atomic E-state index is -0.337. The molecule has 0 spiro atoms. The highest BCUT2D eigenvalue weighted by molar-refractivity contribution is 7.98. The first-order valence-corrected chi connectivity index (χ1v) is 10.5. The van der Waals surface area contributed by atoms with Crippen LogP contribution in [0, 0.1) is 11.6 Å². The van der Waals surface area contributed by atoms with Gasteiger partial charge in [0.25, 0.3) is 0 Å². The van der Waals surface area contributed by atoms with E-state index in [0.717, 1.165) is 27.9 Å². The molecule has 6 heteroatoms. The molecule has 0 aliphatic heterocycles. The summed E-state index contributed by atoms with van der Waals surface area (Å²) in [6.07, 6.45) is 0.888. The number of benzene rings is 3. The van der Waals surface area contributed by atoms with Gasteiger partial charge in [-0.3, -0.25) is 0 Å². The van der Waals surface area contributed by atoms with E-state index in [4.69, 9.17) is 16.6 Å². The highest BCUT2D eigenvalue weighted by atomic mass is 35.5. The fourth-order valence-electron chi connectivity index (χ4n) is 3.02. The molecule has 0 atom stereocenters. The molecular formula is C23H17ClF2N2S. The maximum absolute atomic E-state index is 14.2. The zero-order chi connectivity index (χ0) is 20.4. The predicted molar refractivity (Wildman–Crippen MR) is 115 cm³/mol. The van der Waals surface area contributed by atoms with Crippen LogP contribution in [0.1, 0.15) is 18.1 Å². The van der Waals surface area contributed by atoms with E-state index in [2.05, 4.69) is 18.0 Å².